The van der Waals surface area contributed by atoms with Gasteiger partial charge in [0.25, 0.3) is 11.8 Å². The van der Waals surface area contributed by atoms with Crippen molar-refractivity contribution in [2.45, 2.75) is 20.0 Å². The molecule has 0 spiro atoms. The summed E-state index contributed by atoms with van der Waals surface area (Å²) < 4.78 is 11.9. The number of carbonyl (C=O) groups excluding carboxylic acids is 2. The van der Waals surface area contributed by atoms with Gasteiger partial charge in [0.1, 0.15) is 12.2 Å². The molecule has 2 amide bonds. The lowest BCUT2D eigenvalue weighted by atomic mass is 10.0. The van der Waals surface area contributed by atoms with E-state index in [1.54, 1.807) is 24.3 Å². The van der Waals surface area contributed by atoms with Crippen LogP contribution in [0.2, 0.25) is 0 Å². The first kappa shape index (κ1) is 25.6. The van der Waals surface area contributed by atoms with Gasteiger partial charge in [0.2, 0.25) is 0 Å². The highest BCUT2D eigenvalue weighted by Gasteiger charge is 2.35. The molecule has 9 heteroatoms. The lowest BCUT2D eigenvalue weighted by molar-refractivity contribution is -0.132. The van der Waals surface area contributed by atoms with Crippen LogP contribution in [0.1, 0.15) is 34.0 Å². The standard InChI is InChI=1S/C26H26N2O6S/c1-5-7-19-12-17(13-20-23(29)27(3)26(35)28(4)24(20)30)14-21(33-6-2)22(19)34-15-16-8-10-18(11-9-16)25(31)32/h5,8-14H,1,6-7,15H2,2-4H3,(H,31,32). The third kappa shape index (κ3) is 5.58. The molecule has 0 radical (unpaired) electrons. The zero-order valence-electron chi connectivity index (χ0n) is 19.7. The third-order valence-electron chi connectivity index (χ3n) is 5.36. The molecule has 182 valence electrons. The van der Waals surface area contributed by atoms with Gasteiger partial charge in [-0.05, 0) is 67.0 Å². The average Bonchev–Trinajstić information content (AvgIpc) is 2.84. The number of hydrogen-bond donors (Lipinski definition) is 1. The van der Waals surface area contributed by atoms with Gasteiger partial charge in [-0.2, -0.15) is 0 Å². The quantitative estimate of drug-likeness (QED) is 0.246. The monoisotopic (exact) mass is 494 g/mol. The first-order valence-electron chi connectivity index (χ1n) is 10.8. The van der Waals surface area contributed by atoms with Crippen molar-refractivity contribution in [1.29, 1.82) is 0 Å². The van der Waals surface area contributed by atoms with Gasteiger partial charge in [0.05, 0.1) is 12.2 Å². The van der Waals surface area contributed by atoms with Crippen molar-refractivity contribution in [3.05, 3.63) is 76.9 Å². The molecule has 0 bridgehead atoms. The molecule has 1 heterocycles. The number of rotatable bonds is 9. The number of amides is 2. The van der Waals surface area contributed by atoms with Crippen LogP contribution in [0.15, 0.2) is 54.6 Å². The van der Waals surface area contributed by atoms with E-state index in [2.05, 4.69) is 6.58 Å². The Labute approximate surface area is 209 Å². The van der Waals surface area contributed by atoms with E-state index in [0.29, 0.717) is 30.1 Å². The Morgan fingerprint density at radius 2 is 1.71 bits per heavy atom. The molecular formula is C26H26N2O6S. The van der Waals surface area contributed by atoms with Crippen LogP contribution >= 0.6 is 12.2 Å². The Hall–Kier alpha value is -3.98. The van der Waals surface area contributed by atoms with Crippen LogP contribution < -0.4 is 9.47 Å². The number of aromatic carboxylic acids is 1. The summed E-state index contributed by atoms with van der Waals surface area (Å²) >= 11 is 5.15. The highest BCUT2D eigenvalue weighted by atomic mass is 32.1. The maximum Gasteiger partial charge on any atom is 0.335 e. The second-order valence-corrected chi connectivity index (χ2v) is 8.16. The fraction of sp³-hybridized carbons (Fsp3) is 0.231. The van der Waals surface area contributed by atoms with Gasteiger partial charge in [-0.25, -0.2) is 4.79 Å². The summed E-state index contributed by atoms with van der Waals surface area (Å²) in [6.07, 6.45) is 3.69. The average molecular weight is 495 g/mol. The van der Waals surface area contributed by atoms with E-state index < -0.39 is 17.8 Å². The van der Waals surface area contributed by atoms with Gasteiger partial charge in [-0.15, -0.1) is 6.58 Å². The Bertz CT molecular complexity index is 1190. The van der Waals surface area contributed by atoms with Gasteiger partial charge in [-0.3, -0.25) is 19.4 Å². The van der Waals surface area contributed by atoms with E-state index in [9.17, 15) is 14.4 Å². The number of benzene rings is 2. The van der Waals surface area contributed by atoms with Crippen molar-refractivity contribution in [2.24, 2.45) is 0 Å². The van der Waals surface area contributed by atoms with Crippen molar-refractivity contribution >= 4 is 41.2 Å². The van der Waals surface area contributed by atoms with Crippen LogP contribution in [0, 0.1) is 0 Å². The fourth-order valence-corrected chi connectivity index (χ4v) is 3.71. The second kappa shape index (κ2) is 11.0. The molecule has 1 saturated heterocycles. The van der Waals surface area contributed by atoms with Crippen molar-refractivity contribution in [2.75, 3.05) is 20.7 Å². The Morgan fingerprint density at radius 1 is 1.09 bits per heavy atom. The predicted molar refractivity (Wildman–Crippen MR) is 135 cm³/mol. The van der Waals surface area contributed by atoms with E-state index in [1.807, 2.05) is 13.0 Å². The molecule has 3 rings (SSSR count). The molecular weight excluding hydrogens is 468 g/mol. The summed E-state index contributed by atoms with van der Waals surface area (Å²) in [5.74, 6) is -0.997. The summed E-state index contributed by atoms with van der Waals surface area (Å²) in [7, 11) is 3.05. The first-order valence-corrected chi connectivity index (χ1v) is 11.3. The molecule has 1 N–H and O–H groups in total. The minimum Gasteiger partial charge on any atom is -0.490 e. The number of hydrogen-bond acceptors (Lipinski definition) is 6. The minimum absolute atomic E-state index is 0.0113. The second-order valence-electron chi connectivity index (χ2n) is 7.79. The van der Waals surface area contributed by atoms with E-state index in [-0.39, 0.29) is 22.9 Å². The Balaban J connectivity index is 1.98. The van der Waals surface area contributed by atoms with Gasteiger partial charge < -0.3 is 14.6 Å². The van der Waals surface area contributed by atoms with Crippen molar-refractivity contribution in [1.82, 2.24) is 9.80 Å². The zero-order chi connectivity index (χ0) is 25.7. The van der Waals surface area contributed by atoms with Gasteiger partial charge in [0, 0.05) is 19.7 Å². The Morgan fingerprint density at radius 3 is 2.26 bits per heavy atom. The highest BCUT2D eigenvalue weighted by Crippen LogP contribution is 2.35. The van der Waals surface area contributed by atoms with Crippen LogP contribution in [0.4, 0.5) is 0 Å². The van der Waals surface area contributed by atoms with Crippen LogP contribution in [0.3, 0.4) is 0 Å². The number of likely N-dealkylation sites (N-methyl/N-ethyl adjacent to an activating group) is 2. The molecule has 35 heavy (non-hydrogen) atoms. The van der Waals surface area contributed by atoms with E-state index in [0.717, 1.165) is 11.1 Å². The zero-order valence-corrected chi connectivity index (χ0v) is 20.6. The normalized spacial score (nSPS) is 13.7. The molecule has 0 unspecified atom stereocenters. The van der Waals surface area contributed by atoms with Crippen LogP contribution in [-0.2, 0) is 22.6 Å². The molecule has 0 atom stereocenters. The summed E-state index contributed by atoms with van der Waals surface area (Å²) in [6, 6.07) is 9.93. The molecule has 2 aromatic rings. The summed E-state index contributed by atoms with van der Waals surface area (Å²) in [5, 5.41) is 9.22. The van der Waals surface area contributed by atoms with Crippen molar-refractivity contribution < 1.29 is 29.0 Å². The maximum absolute atomic E-state index is 12.7. The number of carbonyl (C=O) groups is 3. The number of carboxylic acids is 1. The molecule has 8 nitrogen and oxygen atoms in total. The molecule has 1 aliphatic rings. The highest BCUT2D eigenvalue weighted by molar-refractivity contribution is 7.80. The topological polar surface area (TPSA) is 96.4 Å². The maximum atomic E-state index is 12.7. The number of thiocarbonyl (C=S) groups is 1. The molecule has 1 aliphatic heterocycles. The summed E-state index contributed by atoms with van der Waals surface area (Å²) in [5.41, 5.74) is 2.32. The number of carboxylic acid groups (broad SMARTS) is 1. The number of nitrogens with zero attached hydrogens (tertiary/aromatic N) is 2. The lowest BCUT2D eigenvalue weighted by Gasteiger charge is -2.31. The van der Waals surface area contributed by atoms with E-state index in [1.165, 1.54) is 42.1 Å². The van der Waals surface area contributed by atoms with Crippen LogP contribution in [-0.4, -0.2) is 58.5 Å². The van der Waals surface area contributed by atoms with Gasteiger partial charge in [-0.1, -0.05) is 18.2 Å². The molecule has 1 fully saturated rings. The van der Waals surface area contributed by atoms with Gasteiger partial charge >= 0.3 is 5.97 Å². The van der Waals surface area contributed by atoms with Crippen LogP contribution in [0.25, 0.3) is 6.08 Å². The van der Waals surface area contributed by atoms with Crippen LogP contribution in [0.5, 0.6) is 11.5 Å². The number of ether oxygens (including phenoxy) is 2. The summed E-state index contributed by atoms with van der Waals surface area (Å²) in [6.45, 7) is 6.21. The van der Waals surface area contributed by atoms with Crippen molar-refractivity contribution in [3.8, 4) is 11.5 Å². The molecule has 2 aromatic carbocycles. The third-order valence-corrected chi connectivity index (χ3v) is 5.90. The first-order chi connectivity index (χ1) is 16.7. The predicted octanol–water partition coefficient (Wildman–Crippen LogP) is 3.69. The smallest absolute Gasteiger partial charge is 0.335 e. The molecule has 0 aromatic heterocycles. The largest absolute Gasteiger partial charge is 0.490 e. The van der Waals surface area contributed by atoms with Crippen molar-refractivity contribution in [3.63, 3.8) is 0 Å². The van der Waals surface area contributed by atoms with Gasteiger partial charge in [0.15, 0.2) is 16.6 Å². The number of allylic oxidation sites excluding steroid dienone is 1. The fourth-order valence-electron chi connectivity index (χ4n) is 3.54. The minimum atomic E-state index is -0.997. The molecule has 0 saturated carbocycles. The van der Waals surface area contributed by atoms with E-state index >= 15 is 0 Å². The van der Waals surface area contributed by atoms with E-state index in [4.69, 9.17) is 26.8 Å². The Kier molecular flexibility index (Phi) is 8.03. The SMILES string of the molecule is C=CCc1cc(C=C2C(=O)N(C)C(=S)N(C)C2=O)cc(OCC)c1OCc1ccc(C(=O)O)cc1. The molecule has 0 aliphatic carbocycles. The summed E-state index contributed by atoms with van der Waals surface area (Å²) in [4.78, 5) is 39.0. The lowest BCUT2D eigenvalue weighted by Crippen LogP contribution is -2.52.